The molecule has 0 amide bonds. The van der Waals surface area contributed by atoms with Crippen molar-refractivity contribution >= 4 is 47.2 Å². The van der Waals surface area contributed by atoms with Crippen LogP contribution in [-0.4, -0.2) is 62.7 Å². The summed E-state index contributed by atoms with van der Waals surface area (Å²) >= 11 is 1.34. The molecule has 178 valence electrons. The maximum absolute atomic E-state index is 12.0. The first-order valence-electron chi connectivity index (χ1n) is 10.3. The van der Waals surface area contributed by atoms with Gasteiger partial charge in [-0.1, -0.05) is 12.1 Å². The first kappa shape index (κ1) is 28.1. The summed E-state index contributed by atoms with van der Waals surface area (Å²) in [7, 11) is 5.77. The number of ether oxygens (including phenoxy) is 2. The highest BCUT2D eigenvalue weighted by atomic mass is 127. The fourth-order valence-corrected chi connectivity index (χ4v) is 3.69. The van der Waals surface area contributed by atoms with E-state index in [9.17, 15) is 4.79 Å². The van der Waals surface area contributed by atoms with Gasteiger partial charge < -0.3 is 25.0 Å². The Balaban J connectivity index is 0.00000512. The van der Waals surface area contributed by atoms with Crippen LogP contribution in [0.5, 0.6) is 5.75 Å². The molecule has 1 heterocycles. The van der Waals surface area contributed by atoms with E-state index < -0.39 is 0 Å². The number of aromatic nitrogens is 1. The number of carbonyl (C=O) groups is 1. The van der Waals surface area contributed by atoms with Gasteiger partial charge in [0.1, 0.15) is 22.2 Å². The zero-order valence-electron chi connectivity index (χ0n) is 19.6. The minimum absolute atomic E-state index is 0. The predicted molar refractivity (Wildman–Crippen MR) is 140 cm³/mol. The number of rotatable bonds is 10. The van der Waals surface area contributed by atoms with Crippen molar-refractivity contribution in [2.75, 3.05) is 40.9 Å². The molecule has 10 heteroatoms. The lowest BCUT2D eigenvalue weighted by Gasteiger charge is -2.16. The zero-order chi connectivity index (χ0) is 22.8. The number of aliphatic imine (C=N–C) groups is 1. The summed E-state index contributed by atoms with van der Waals surface area (Å²) in [5.74, 6) is 1.17. The van der Waals surface area contributed by atoms with Crippen molar-refractivity contribution in [2.45, 2.75) is 33.4 Å². The highest BCUT2D eigenvalue weighted by Crippen LogP contribution is 2.24. The quantitative estimate of drug-likeness (QED) is 0.194. The monoisotopic (exact) mass is 575 g/mol. The lowest BCUT2D eigenvalue weighted by atomic mass is 10.2. The molecule has 0 saturated heterocycles. The topological polar surface area (TPSA) is 88.1 Å². The third-order valence-electron chi connectivity index (χ3n) is 4.39. The van der Waals surface area contributed by atoms with Crippen molar-refractivity contribution in [3.63, 3.8) is 0 Å². The number of aryl methyl sites for hydroxylation is 1. The van der Waals surface area contributed by atoms with Crippen molar-refractivity contribution in [2.24, 2.45) is 4.99 Å². The lowest BCUT2D eigenvalue weighted by Crippen LogP contribution is -2.38. The molecule has 32 heavy (non-hydrogen) atoms. The summed E-state index contributed by atoms with van der Waals surface area (Å²) in [4.78, 5) is 23.5. The predicted octanol–water partition coefficient (Wildman–Crippen LogP) is 3.61. The van der Waals surface area contributed by atoms with Gasteiger partial charge in [0.2, 0.25) is 0 Å². The van der Waals surface area contributed by atoms with Crippen LogP contribution in [0.15, 0.2) is 29.3 Å². The van der Waals surface area contributed by atoms with Gasteiger partial charge in [-0.15, -0.1) is 35.3 Å². The van der Waals surface area contributed by atoms with Crippen LogP contribution >= 0.6 is 35.3 Å². The van der Waals surface area contributed by atoms with Crippen molar-refractivity contribution in [3.8, 4) is 5.75 Å². The molecule has 0 radical (unpaired) electrons. The summed E-state index contributed by atoms with van der Waals surface area (Å²) < 4.78 is 10.9. The van der Waals surface area contributed by atoms with Crippen LogP contribution in [0.2, 0.25) is 0 Å². The number of guanidine groups is 1. The van der Waals surface area contributed by atoms with Gasteiger partial charge in [-0.3, -0.25) is 4.99 Å². The fourth-order valence-electron chi connectivity index (χ4n) is 2.73. The van der Waals surface area contributed by atoms with Gasteiger partial charge in [-0.2, -0.15) is 0 Å². The number of hydrogen-bond acceptors (Lipinski definition) is 7. The van der Waals surface area contributed by atoms with Gasteiger partial charge in [0.25, 0.3) is 0 Å². The van der Waals surface area contributed by atoms with Crippen LogP contribution < -0.4 is 15.4 Å². The number of benzene rings is 1. The van der Waals surface area contributed by atoms with E-state index in [2.05, 4.69) is 25.5 Å². The van der Waals surface area contributed by atoms with E-state index in [0.29, 0.717) is 36.3 Å². The van der Waals surface area contributed by atoms with Crippen LogP contribution in [0.4, 0.5) is 0 Å². The summed E-state index contributed by atoms with van der Waals surface area (Å²) in [6, 6.07) is 7.89. The van der Waals surface area contributed by atoms with E-state index in [0.717, 1.165) is 22.9 Å². The average Bonchev–Trinajstić information content (AvgIpc) is 3.13. The van der Waals surface area contributed by atoms with Gasteiger partial charge in [0.05, 0.1) is 18.3 Å². The molecule has 0 fully saturated rings. The molecule has 8 nitrogen and oxygen atoms in total. The van der Waals surface area contributed by atoms with E-state index in [1.165, 1.54) is 11.3 Å². The van der Waals surface area contributed by atoms with E-state index in [1.807, 2.05) is 52.2 Å². The highest BCUT2D eigenvalue weighted by molar-refractivity contribution is 14.0. The average molecular weight is 576 g/mol. The number of nitrogens with zero attached hydrogens (tertiary/aromatic N) is 3. The molecule has 0 saturated carbocycles. The molecule has 2 N–H and O–H groups in total. The van der Waals surface area contributed by atoms with E-state index >= 15 is 0 Å². The Labute approximate surface area is 211 Å². The second-order valence-corrected chi connectivity index (χ2v) is 8.31. The Morgan fingerprint density at radius 1 is 1.34 bits per heavy atom. The summed E-state index contributed by atoms with van der Waals surface area (Å²) in [5.41, 5.74) is 1.77. The van der Waals surface area contributed by atoms with Gasteiger partial charge >= 0.3 is 5.97 Å². The van der Waals surface area contributed by atoms with E-state index in [1.54, 1.807) is 14.0 Å². The Morgan fingerprint density at radius 2 is 2.09 bits per heavy atom. The van der Waals surface area contributed by atoms with Gasteiger partial charge in [0.15, 0.2) is 5.96 Å². The second kappa shape index (κ2) is 14.3. The number of carbonyl (C=O) groups excluding carboxylic acids is 1. The molecule has 1 atom stereocenters. The van der Waals surface area contributed by atoms with Crippen LogP contribution in [-0.2, 0) is 11.3 Å². The molecular weight excluding hydrogens is 541 g/mol. The van der Waals surface area contributed by atoms with Crippen LogP contribution in [0.1, 0.15) is 45.8 Å². The Hall–Kier alpha value is -1.92. The molecule has 2 rings (SSSR count). The summed E-state index contributed by atoms with van der Waals surface area (Å²) in [5, 5.41) is 7.44. The highest BCUT2D eigenvalue weighted by Gasteiger charge is 2.20. The van der Waals surface area contributed by atoms with E-state index in [-0.39, 0.29) is 36.0 Å². The van der Waals surface area contributed by atoms with Crippen LogP contribution in [0.25, 0.3) is 0 Å². The van der Waals surface area contributed by atoms with Crippen LogP contribution in [0, 0.1) is 6.92 Å². The number of hydrogen-bond donors (Lipinski definition) is 2. The fraction of sp³-hybridized carbons (Fsp3) is 0.500. The number of thiazole rings is 1. The Bertz CT molecular complexity index is 888. The molecular formula is C22H34IN5O3S. The van der Waals surface area contributed by atoms with Gasteiger partial charge in [-0.25, -0.2) is 9.78 Å². The SMILES string of the molecule is CCOC(=O)c1sc(C(C)NC(=NC)NCc2cccc(OCCN(C)C)c2)nc1C.I. The van der Waals surface area contributed by atoms with E-state index in [4.69, 9.17) is 9.47 Å². The number of esters is 1. The van der Waals surface area contributed by atoms with Crippen molar-refractivity contribution in [1.82, 2.24) is 20.5 Å². The first-order chi connectivity index (χ1) is 14.8. The molecule has 0 aliphatic heterocycles. The van der Waals surface area contributed by atoms with Gasteiger partial charge in [0, 0.05) is 20.1 Å². The minimum atomic E-state index is -0.328. The largest absolute Gasteiger partial charge is 0.492 e. The molecule has 1 aromatic heterocycles. The third kappa shape index (κ3) is 8.91. The minimum Gasteiger partial charge on any atom is -0.492 e. The molecule has 1 unspecified atom stereocenters. The summed E-state index contributed by atoms with van der Waals surface area (Å²) in [6.07, 6.45) is 0. The number of halogens is 1. The molecule has 0 spiro atoms. The molecule has 1 aromatic carbocycles. The first-order valence-corrected chi connectivity index (χ1v) is 11.1. The standard InChI is InChI=1S/C22H33N5O3S.HI/c1-7-29-21(28)19-15(2)25-20(31-19)16(3)26-22(23-4)24-14-17-9-8-10-18(13-17)30-12-11-27(5)6;/h8-10,13,16H,7,11-12,14H2,1-6H3,(H2,23,24,26);1H. The molecule has 0 aliphatic carbocycles. The normalized spacial score (nSPS) is 12.2. The van der Waals surface area contributed by atoms with Crippen molar-refractivity contribution in [3.05, 3.63) is 45.4 Å². The molecule has 2 aromatic rings. The smallest absolute Gasteiger partial charge is 0.350 e. The Morgan fingerprint density at radius 3 is 2.75 bits per heavy atom. The Kier molecular flexibility index (Phi) is 12.5. The van der Waals surface area contributed by atoms with Gasteiger partial charge in [-0.05, 0) is 52.6 Å². The molecule has 0 bridgehead atoms. The number of nitrogens with one attached hydrogen (secondary N) is 2. The van der Waals surface area contributed by atoms with Crippen LogP contribution in [0.3, 0.4) is 0 Å². The molecule has 0 aliphatic rings. The maximum atomic E-state index is 12.0. The van der Waals surface area contributed by atoms with Crippen molar-refractivity contribution in [1.29, 1.82) is 0 Å². The third-order valence-corrected chi connectivity index (χ3v) is 5.71. The summed E-state index contributed by atoms with van der Waals surface area (Å²) in [6.45, 7) is 8.05. The maximum Gasteiger partial charge on any atom is 0.350 e. The van der Waals surface area contributed by atoms with Crippen molar-refractivity contribution < 1.29 is 14.3 Å². The number of likely N-dealkylation sites (N-methyl/N-ethyl adjacent to an activating group) is 1. The second-order valence-electron chi connectivity index (χ2n) is 7.28. The lowest BCUT2D eigenvalue weighted by molar-refractivity contribution is 0.0531. The zero-order valence-corrected chi connectivity index (χ0v) is 22.7.